The molecule has 0 aliphatic rings. The number of nitrogens with zero attached hydrogens (tertiary/aromatic N) is 1. The highest BCUT2D eigenvalue weighted by atomic mass is 32.2. The summed E-state index contributed by atoms with van der Waals surface area (Å²) < 4.78 is 25.9. The Labute approximate surface area is 162 Å². The number of nitrogens with one attached hydrogen (secondary N) is 1. The molecule has 0 aliphatic heterocycles. The average Bonchev–Trinajstić information content (AvgIpc) is 2.61. The Kier molecular flexibility index (Phi) is 6.65. The van der Waals surface area contributed by atoms with E-state index in [1.165, 1.54) is 4.31 Å². The molecule has 1 amide bonds. The fraction of sp³-hybridized carbons (Fsp3) is 0.381. The molecule has 0 radical (unpaired) electrons. The maximum atomic E-state index is 12.8. The van der Waals surface area contributed by atoms with Gasteiger partial charge in [-0.05, 0) is 55.0 Å². The first kappa shape index (κ1) is 21.0. The molecule has 5 nitrogen and oxygen atoms in total. The van der Waals surface area contributed by atoms with Crippen LogP contribution in [0.3, 0.4) is 0 Å². The SMILES string of the molecule is CCc1cccc(CC)c1NC(=O)CN(c1cccc(C)c1C)S(C)(=O)=O. The zero-order chi connectivity index (χ0) is 20.2. The third-order valence-electron chi connectivity index (χ3n) is 4.80. The second kappa shape index (κ2) is 8.57. The van der Waals surface area contributed by atoms with Crippen LogP contribution in [0, 0.1) is 13.8 Å². The Morgan fingerprint density at radius 2 is 1.56 bits per heavy atom. The van der Waals surface area contributed by atoms with Gasteiger partial charge in [0, 0.05) is 5.69 Å². The number of hydrogen-bond acceptors (Lipinski definition) is 3. The molecule has 2 aromatic carbocycles. The summed E-state index contributed by atoms with van der Waals surface area (Å²) in [6, 6.07) is 11.4. The van der Waals surface area contributed by atoms with Crippen molar-refractivity contribution in [2.24, 2.45) is 0 Å². The number of rotatable bonds is 7. The van der Waals surface area contributed by atoms with Crippen LogP contribution in [0.1, 0.15) is 36.1 Å². The Bertz CT molecular complexity index is 914. The second-order valence-electron chi connectivity index (χ2n) is 6.70. The van der Waals surface area contributed by atoms with E-state index in [1.54, 1.807) is 12.1 Å². The van der Waals surface area contributed by atoms with Gasteiger partial charge in [0.2, 0.25) is 15.9 Å². The highest BCUT2D eigenvalue weighted by Crippen LogP contribution is 2.26. The quantitative estimate of drug-likeness (QED) is 0.784. The van der Waals surface area contributed by atoms with Crippen LogP contribution in [-0.4, -0.2) is 27.1 Å². The van der Waals surface area contributed by atoms with Crippen LogP contribution < -0.4 is 9.62 Å². The van der Waals surface area contributed by atoms with Gasteiger partial charge < -0.3 is 5.32 Å². The Morgan fingerprint density at radius 1 is 1.00 bits per heavy atom. The molecule has 27 heavy (non-hydrogen) atoms. The van der Waals surface area contributed by atoms with Crippen LogP contribution in [0.25, 0.3) is 0 Å². The van der Waals surface area contributed by atoms with Gasteiger partial charge in [0.15, 0.2) is 0 Å². The molecule has 6 heteroatoms. The predicted octanol–water partition coefficient (Wildman–Crippen LogP) is 3.83. The van der Waals surface area contributed by atoms with Crippen molar-refractivity contribution in [1.82, 2.24) is 0 Å². The lowest BCUT2D eigenvalue weighted by molar-refractivity contribution is -0.114. The van der Waals surface area contributed by atoms with Gasteiger partial charge in [-0.25, -0.2) is 8.42 Å². The van der Waals surface area contributed by atoms with E-state index >= 15 is 0 Å². The van der Waals surface area contributed by atoms with E-state index in [0.29, 0.717) is 5.69 Å². The zero-order valence-electron chi connectivity index (χ0n) is 16.7. The number of sulfonamides is 1. The molecule has 0 spiro atoms. The summed E-state index contributed by atoms with van der Waals surface area (Å²) in [5, 5.41) is 2.94. The molecule has 0 saturated heterocycles. The minimum Gasteiger partial charge on any atom is -0.324 e. The van der Waals surface area contributed by atoms with Crippen molar-refractivity contribution in [2.75, 3.05) is 22.4 Å². The van der Waals surface area contributed by atoms with Crippen LogP contribution in [0.4, 0.5) is 11.4 Å². The molecule has 0 bridgehead atoms. The largest absolute Gasteiger partial charge is 0.324 e. The van der Waals surface area contributed by atoms with Crippen LogP contribution >= 0.6 is 0 Å². The number of amides is 1. The molecule has 0 heterocycles. The molecule has 146 valence electrons. The highest BCUT2D eigenvalue weighted by Gasteiger charge is 2.23. The van der Waals surface area contributed by atoms with E-state index in [0.717, 1.165) is 47.0 Å². The first-order valence-electron chi connectivity index (χ1n) is 9.13. The number of benzene rings is 2. The van der Waals surface area contributed by atoms with Crippen molar-refractivity contribution in [2.45, 2.75) is 40.5 Å². The highest BCUT2D eigenvalue weighted by molar-refractivity contribution is 7.92. The molecule has 0 fully saturated rings. The van der Waals surface area contributed by atoms with Crippen LogP contribution in [-0.2, 0) is 27.7 Å². The zero-order valence-corrected chi connectivity index (χ0v) is 17.5. The summed E-state index contributed by atoms with van der Waals surface area (Å²) in [4.78, 5) is 12.8. The Balaban J connectivity index is 2.35. The van der Waals surface area contributed by atoms with E-state index in [-0.39, 0.29) is 12.5 Å². The number of carbonyl (C=O) groups is 1. The van der Waals surface area contributed by atoms with E-state index in [9.17, 15) is 13.2 Å². The first-order chi connectivity index (χ1) is 12.7. The van der Waals surface area contributed by atoms with Gasteiger partial charge in [0.05, 0.1) is 11.9 Å². The predicted molar refractivity (Wildman–Crippen MR) is 112 cm³/mol. The van der Waals surface area contributed by atoms with E-state index in [1.807, 2.05) is 52.0 Å². The van der Waals surface area contributed by atoms with E-state index in [2.05, 4.69) is 5.32 Å². The van der Waals surface area contributed by atoms with Gasteiger partial charge in [-0.15, -0.1) is 0 Å². The fourth-order valence-electron chi connectivity index (χ4n) is 3.10. The van der Waals surface area contributed by atoms with Crippen molar-refractivity contribution < 1.29 is 13.2 Å². The molecule has 0 saturated carbocycles. The Hall–Kier alpha value is -2.34. The molecule has 2 rings (SSSR count). The fourth-order valence-corrected chi connectivity index (χ4v) is 4.01. The van der Waals surface area contributed by atoms with Gasteiger partial charge in [-0.3, -0.25) is 9.10 Å². The third kappa shape index (κ3) is 4.89. The van der Waals surface area contributed by atoms with Crippen molar-refractivity contribution in [1.29, 1.82) is 0 Å². The number of hydrogen-bond donors (Lipinski definition) is 1. The lowest BCUT2D eigenvalue weighted by atomic mass is 10.0. The second-order valence-corrected chi connectivity index (χ2v) is 8.60. The standard InChI is InChI=1S/C21H28N2O3S/c1-6-17-11-9-12-18(7-2)21(17)22-20(24)14-23(27(5,25)26)19-13-8-10-15(3)16(19)4/h8-13H,6-7,14H2,1-5H3,(H,22,24). The monoisotopic (exact) mass is 388 g/mol. The van der Waals surface area contributed by atoms with Crippen LogP contribution in [0.2, 0.25) is 0 Å². The molecular weight excluding hydrogens is 360 g/mol. The molecule has 0 unspecified atom stereocenters. The normalized spacial score (nSPS) is 11.3. The van der Waals surface area contributed by atoms with Gasteiger partial charge in [0.1, 0.15) is 6.54 Å². The number of anilines is 2. The minimum absolute atomic E-state index is 0.260. The molecule has 0 atom stereocenters. The Morgan fingerprint density at radius 3 is 2.07 bits per heavy atom. The van der Waals surface area contributed by atoms with E-state index in [4.69, 9.17) is 0 Å². The summed E-state index contributed by atoms with van der Waals surface area (Å²) in [5.74, 6) is -0.350. The van der Waals surface area contributed by atoms with E-state index < -0.39 is 10.0 Å². The summed E-state index contributed by atoms with van der Waals surface area (Å²) >= 11 is 0. The summed E-state index contributed by atoms with van der Waals surface area (Å²) in [5.41, 5.74) is 5.24. The van der Waals surface area contributed by atoms with Gasteiger partial charge in [-0.1, -0.05) is 44.2 Å². The lowest BCUT2D eigenvalue weighted by Crippen LogP contribution is -2.38. The number of aryl methyl sites for hydroxylation is 3. The molecule has 1 N–H and O–H groups in total. The lowest BCUT2D eigenvalue weighted by Gasteiger charge is -2.25. The molecular formula is C21H28N2O3S. The first-order valence-corrected chi connectivity index (χ1v) is 11.0. The summed E-state index contributed by atoms with van der Waals surface area (Å²) in [7, 11) is -3.60. The summed E-state index contributed by atoms with van der Waals surface area (Å²) in [6.07, 6.45) is 2.70. The molecule has 0 aliphatic carbocycles. The molecule has 0 aromatic heterocycles. The topological polar surface area (TPSA) is 66.5 Å². The van der Waals surface area contributed by atoms with Crippen molar-refractivity contribution in [3.63, 3.8) is 0 Å². The summed E-state index contributed by atoms with van der Waals surface area (Å²) in [6.45, 7) is 7.59. The van der Waals surface area contributed by atoms with Crippen molar-refractivity contribution in [3.8, 4) is 0 Å². The van der Waals surface area contributed by atoms with Crippen LogP contribution in [0.15, 0.2) is 36.4 Å². The van der Waals surface area contributed by atoms with Gasteiger partial charge in [-0.2, -0.15) is 0 Å². The smallest absolute Gasteiger partial charge is 0.245 e. The third-order valence-corrected chi connectivity index (χ3v) is 5.92. The van der Waals surface area contributed by atoms with Crippen LogP contribution in [0.5, 0.6) is 0 Å². The number of carbonyl (C=O) groups excluding carboxylic acids is 1. The molecule has 2 aromatic rings. The van der Waals surface area contributed by atoms with Crippen molar-refractivity contribution >= 4 is 27.3 Å². The maximum Gasteiger partial charge on any atom is 0.245 e. The minimum atomic E-state index is -3.60. The van der Waals surface area contributed by atoms with Gasteiger partial charge >= 0.3 is 0 Å². The van der Waals surface area contributed by atoms with Crippen molar-refractivity contribution in [3.05, 3.63) is 58.7 Å². The number of para-hydroxylation sites is 1. The van der Waals surface area contributed by atoms with Gasteiger partial charge in [0.25, 0.3) is 0 Å². The average molecular weight is 389 g/mol. The maximum absolute atomic E-state index is 12.8.